The minimum atomic E-state index is -0.679. The standard InChI is InChI=1S/C15H12F2N2O/c1-19-14(10-7-6-9(16)8-12(10)17)18-13-5-3-2-4-11(13)15(19)20/h2-8,14,18H,1H3/t14-/m0/s1. The molecular formula is C15H12F2N2O. The molecule has 0 spiro atoms. The summed E-state index contributed by atoms with van der Waals surface area (Å²) in [6, 6.07) is 10.4. The van der Waals surface area contributed by atoms with Crippen LogP contribution in [0.1, 0.15) is 22.1 Å². The Morgan fingerprint density at radius 3 is 2.65 bits per heavy atom. The zero-order valence-electron chi connectivity index (χ0n) is 10.7. The smallest absolute Gasteiger partial charge is 0.257 e. The van der Waals surface area contributed by atoms with E-state index in [1.54, 1.807) is 31.3 Å². The Balaban J connectivity index is 2.06. The van der Waals surface area contributed by atoms with Gasteiger partial charge >= 0.3 is 0 Å². The van der Waals surface area contributed by atoms with Crippen LogP contribution >= 0.6 is 0 Å². The van der Waals surface area contributed by atoms with Crippen LogP contribution in [0.15, 0.2) is 42.5 Å². The Labute approximate surface area is 114 Å². The summed E-state index contributed by atoms with van der Waals surface area (Å²) in [5, 5.41) is 3.10. The topological polar surface area (TPSA) is 32.3 Å². The van der Waals surface area contributed by atoms with E-state index >= 15 is 0 Å². The largest absolute Gasteiger partial charge is 0.361 e. The third kappa shape index (κ3) is 1.91. The van der Waals surface area contributed by atoms with Crippen molar-refractivity contribution in [2.45, 2.75) is 6.17 Å². The molecule has 1 N–H and O–H groups in total. The van der Waals surface area contributed by atoms with E-state index in [1.165, 1.54) is 17.0 Å². The van der Waals surface area contributed by atoms with Gasteiger partial charge in [-0.15, -0.1) is 0 Å². The zero-order valence-corrected chi connectivity index (χ0v) is 10.7. The molecule has 0 radical (unpaired) electrons. The molecule has 0 unspecified atom stereocenters. The maximum Gasteiger partial charge on any atom is 0.257 e. The predicted octanol–water partition coefficient (Wildman–Crippen LogP) is 3.16. The summed E-state index contributed by atoms with van der Waals surface area (Å²) in [6.45, 7) is 0. The number of halogens is 2. The minimum absolute atomic E-state index is 0.201. The van der Waals surface area contributed by atoms with Gasteiger partial charge in [0.05, 0.1) is 5.56 Å². The third-order valence-electron chi connectivity index (χ3n) is 3.41. The molecule has 0 aliphatic carbocycles. The van der Waals surface area contributed by atoms with Crippen LogP contribution in [0, 0.1) is 11.6 Å². The van der Waals surface area contributed by atoms with Gasteiger partial charge in [0.15, 0.2) is 0 Å². The fourth-order valence-corrected chi connectivity index (χ4v) is 2.36. The van der Waals surface area contributed by atoms with Crippen LogP contribution in [0.4, 0.5) is 14.5 Å². The van der Waals surface area contributed by atoms with E-state index in [0.717, 1.165) is 6.07 Å². The number of amides is 1. The molecule has 0 saturated heterocycles. The molecule has 0 aromatic heterocycles. The lowest BCUT2D eigenvalue weighted by atomic mass is 10.0. The van der Waals surface area contributed by atoms with Gasteiger partial charge in [-0.05, 0) is 24.3 Å². The normalized spacial score (nSPS) is 17.6. The van der Waals surface area contributed by atoms with E-state index in [9.17, 15) is 13.6 Å². The number of anilines is 1. The molecule has 1 aliphatic heterocycles. The highest BCUT2D eigenvalue weighted by Gasteiger charge is 2.31. The van der Waals surface area contributed by atoms with Crippen molar-refractivity contribution >= 4 is 11.6 Å². The van der Waals surface area contributed by atoms with Gasteiger partial charge in [0.25, 0.3) is 5.91 Å². The van der Waals surface area contributed by atoms with Crippen molar-refractivity contribution in [2.24, 2.45) is 0 Å². The van der Waals surface area contributed by atoms with Crippen LogP contribution in [0.2, 0.25) is 0 Å². The van der Waals surface area contributed by atoms with Gasteiger partial charge < -0.3 is 10.2 Å². The summed E-state index contributed by atoms with van der Waals surface area (Å²) in [5.41, 5.74) is 1.41. The van der Waals surface area contributed by atoms with Crippen LogP contribution in [-0.4, -0.2) is 17.9 Å². The first-order chi connectivity index (χ1) is 9.58. The first-order valence-corrected chi connectivity index (χ1v) is 6.15. The Kier molecular flexibility index (Phi) is 2.89. The van der Waals surface area contributed by atoms with E-state index in [2.05, 4.69) is 5.32 Å². The fraction of sp³-hybridized carbons (Fsp3) is 0.133. The quantitative estimate of drug-likeness (QED) is 0.866. The first kappa shape index (κ1) is 12.6. The number of carbonyl (C=O) groups excluding carboxylic acids is 1. The molecule has 2 aromatic carbocycles. The molecule has 1 aliphatic rings. The van der Waals surface area contributed by atoms with Crippen LogP contribution in [0.3, 0.4) is 0 Å². The number of para-hydroxylation sites is 1. The van der Waals surface area contributed by atoms with Crippen molar-refractivity contribution in [3.63, 3.8) is 0 Å². The van der Waals surface area contributed by atoms with Crippen molar-refractivity contribution < 1.29 is 13.6 Å². The van der Waals surface area contributed by atoms with Gasteiger partial charge in [-0.3, -0.25) is 4.79 Å². The Hall–Kier alpha value is -2.43. The van der Waals surface area contributed by atoms with E-state index in [-0.39, 0.29) is 11.5 Å². The van der Waals surface area contributed by atoms with Crippen LogP contribution < -0.4 is 5.32 Å². The summed E-state index contributed by atoms with van der Waals surface area (Å²) in [6.07, 6.45) is -0.655. The Morgan fingerprint density at radius 2 is 1.90 bits per heavy atom. The highest BCUT2D eigenvalue weighted by atomic mass is 19.1. The molecule has 2 aromatic rings. The maximum absolute atomic E-state index is 13.9. The lowest BCUT2D eigenvalue weighted by Crippen LogP contribution is -2.40. The molecule has 1 atom stereocenters. The average Bonchev–Trinajstić information content (AvgIpc) is 2.43. The summed E-state index contributed by atoms with van der Waals surface area (Å²) in [4.78, 5) is 13.7. The van der Waals surface area contributed by atoms with Crippen LogP contribution in [0.5, 0.6) is 0 Å². The number of fused-ring (bicyclic) bond motifs is 1. The van der Waals surface area contributed by atoms with Crippen LogP contribution in [-0.2, 0) is 0 Å². The van der Waals surface area contributed by atoms with Gasteiger partial charge in [-0.25, -0.2) is 8.78 Å². The third-order valence-corrected chi connectivity index (χ3v) is 3.41. The van der Waals surface area contributed by atoms with Crippen molar-refractivity contribution in [1.82, 2.24) is 4.90 Å². The lowest BCUT2D eigenvalue weighted by Gasteiger charge is -2.35. The SMILES string of the molecule is CN1C(=O)c2ccccc2N[C@@H]1c1ccc(F)cc1F. The van der Waals surface area contributed by atoms with Crippen molar-refractivity contribution in [2.75, 3.05) is 12.4 Å². The molecule has 20 heavy (non-hydrogen) atoms. The Bertz CT molecular complexity index is 687. The second-order valence-corrected chi connectivity index (χ2v) is 4.67. The number of carbonyl (C=O) groups is 1. The van der Waals surface area contributed by atoms with E-state index in [1.807, 2.05) is 0 Å². The molecule has 5 heteroatoms. The predicted molar refractivity (Wildman–Crippen MR) is 71.3 cm³/mol. The molecule has 0 bridgehead atoms. The molecule has 3 nitrogen and oxygen atoms in total. The fourth-order valence-electron chi connectivity index (χ4n) is 2.36. The lowest BCUT2D eigenvalue weighted by molar-refractivity contribution is 0.0733. The summed E-state index contributed by atoms with van der Waals surface area (Å²) >= 11 is 0. The number of rotatable bonds is 1. The average molecular weight is 274 g/mol. The molecular weight excluding hydrogens is 262 g/mol. The summed E-state index contributed by atoms with van der Waals surface area (Å²) in [5.74, 6) is -1.52. The van der Waals surface area contributed by atoms with E-state index < -0.39 is 17.8 Å². The van der Waals surface area contributed by atoms with Gasteiger partial charge in [-0.2, -0.15) is 0 Å². The van der Waals surface area contributed by atoms with Crippen molar-refractivity contribution in [3.05, 3.63) is 65.2 Å². The minimum Gasteiger partial charge on any atom is -0.361 e. The number of benzene rings is 2. The monoisotopic (exact) mass is 274 g/mol. The second-order valence-electron chi connectivity index (χ2n) is 4.67. The number of nitrogens with zero attached hydrogens (tertiary/aromatic N) is 1. The molecule has 0 saturated carbocycles. The maximum atomic E-state index is 13.9. The van der Waals surface area contributed by atoms with Gasteiger partial charge in [-0.1, -0.05) is 12.1 Å². The number of nitrogens with one attached hydrogen (secondary N) is 1. The van der Waals surface area contributed by atoms with Gasteiger partial charge in [0.2, 0.25) is 0 Å². The first-order valence-electron chi connectivity index (χ1n) is 6.15. The van der Waals surface area contributed by atoms with E-state index in [0.29, 0.717) is 11.3 Å². The summed E-state index contributed by atoms with van der Waals surface area (Å²) in [7, 11) is 1.58. The highest BCUT2D eigenvalue weighted by molar-refractivity contribution is 6.01. The van der Waals surface area contributed by atoms with Gasteiger partial charge in [0.1, 0.15) is 17.8 Å². The Morgan fingerprint density at radius 1 is 1.15 bits per heavy atom. The molecule has 102 valence electrons. The number of hydrogen-bond donors (Lipinski definition) is 1. The number of hydrogen-bond acceptors (Lipinski definition) is 2. The second kappa shape index (κ2) is 4.59. The highest BCUT2D eigenvalue weighted by Crippen LogP contribution is 2.32. The summed E-state index contributed by atoms with van der Waals surface area (Å²) < 4.78 is 26.9. The van der Waals surface area contributed by atoms with Gasteiger partial charge in [0, 0.05) is 24.4 Å². The van der Waals surface area contributed by atoms with Crippen molar-refractivity contribution in [3.8, 4) is 0 Å². The molecule has 1 amide bonds. The van der Waals surface area contributed by atoms with Crippen LogP contribution in [0.25, 0.3) is 0 Å². The molecule has 0 fully saturated rings. The van der Waals surface area contributed by atoms with E-state index in [4.69, 9.17) is 0 Å². The van der Waals surface area contributed by atoms with Crippen molar-refractivity contribution in [1.29, 1.82) is 0 Å². The molecule has 3 rings (SSSR count). The molecule has 1 heterocycles. The zero-order chi connectivity index (χ0) is 14.3.